The van der Waals surface area contributed by atoms with Crippen molar-refractivity contribution in [3.8, 4) is 0 Å². The highest BCUT2D eigenvalue weighted by atomic mass is 16.5. The molecule has 0 saturated carbocycles. The van der Waals surface area contributed by atoms with Crippen molar-refractivity contribution in [3.05, 3.63) is 34.4 Å². The van der Waals surface area contributed by atoms with Crippen LogP contribution in [0, 0.1) is 20.8 Å². The zero-order chi connectivity index (χ0) is 14.4. The van der Waals surface area contributed by atoms with Gasteiger partial charge in [0.2, 0.25) is 0 Å². The number of rotatable bonds is 7. The third-order valence-electron chi connectivity index (χ3n) is 3.26. The van der Waals surface area contributed by atoms with Crippen LogP contribution < -0.4 is 0 Å². The van der Waals surface area contributed by atoms with Gasteiger partial charge in [-0.1, -0.05) is 17.7 Å². The molecule has 3 heteroatoms. The Balaban J connectivity index is 2.68. The molecule has 0 aliphatic carbocycles. The lowest BCUT2D eigenvalue weighted by Gasteiger charge is -2.17. The molecule has 0 unspecified atom stereocenters. The van der Waals surface area contributed by atoms with Crippen LogP contribution in [-0.4, -0.2) is 44.5 Å². The van der Waals surface area contributed by atoms with Gasteiger partial charge >= 0.3 is 0 Å². The summed E-state index contributed by atoms with van der Waals surface area (Å²) in [4.78, 5) is 14.4. The van der Waals surface area contributed by atoms with Crippen LogP contribution in [0.3, 0.4) is 0 Å². The van der Waals surface area contributed by atoms with E-state index in [2.05, 4.69) is 24.0 Å². The quantitative estimate of drug-likeness (QED) is 0.559. The Labute approximate surface area is 116 Å². The topological polar surface area (TPSA) is 29.5 Å². The molecule has 106 valence electrons. The molecular formula is C16H25NO2. The lowest BCUT2D eigenvalue weighted by molar-refractivity contribution is 0.0937. The number of nitrogens with zero attached hydrogens (tertiary/aromatic N) is 1. The molecule has 0 bridgehead atoms. The van der Waals surface area contributed by atoms with Gasteiger partial charge in [-0.25, -0.2) is 0 Å². The maximum Gasteiger partial charge on any atom is 0.177 e. The lowest BCUT2D eigenvalue weighted by atomic mass is 9.96. The van der Waals surface area contributed by atoms with E-state index in [1.807, 2.05) is 20.9 Å². The normalized spacial score (nSPS) is 11.1. The van der Waals surface area contributed by atoms with E-state index >= 15 is 0 Å². The molecule has 0 aliphatic rings. The van der Waals surface area contributed by atoms with E-state index in [4.69, 9.17) is 4.74 Å². The van der Waals surface area contributed by atoms with E-state index in [1.165, 1.54) is 5.56 Å². The molecule has 0 saturated heterocycles. The second-order valence-corrected chi connectivity index (χ2v) is 5.28. The molecule has 0 radical (unpaired) electrons. The Bertz CT molecular complexity index is 417. The monoisotopic (exact) mass is 263 g/mol. The Hall–Kier alpha value is -1.19. The number of benzene rings is 1. The first-order valence-corrected chi connectivity index (χ1v) is 6.74. The van der Waals surface area contributed by atoms with E-state index in [0.717, 1.165) is 36.3 Å². The van der Waals surface area contributed by atoms with Crippen LogP contribution in [0.25, 0.3) is 0 Å². The molecular weight excluding hydrogens is 238 g/mol. The molecule has 0 heterocycles. The van der Waals surface area contributed by atoms with Crippen molar-refractivity contribution in [2.24, 2.45) is 0 Å². The number of carbonyl (C=O) groups excluding carboxylic acids is 1. The zero-order valence-electron chi connectivity index (χ0n) is 12.7. The summed E-state index contributed by atoms with van der Waals surface area (Å²) >= 11 is 0. The van der Waals surface area contributed by atoms with Crippen molar-refractivity contribution >= 4 is 5.78 Å². The largest absolute Gasteiger partial charge is 0.385 e. The van der Waals surface area contributed by atoms with Crippen molar-refractivity contribution in [2.75, 3.05) is 33.9 Å². The van der Waals surface area contributed by atoms with E-state index in [1.54, 1.807) is 7.11 Å². The molecule has 0 aromatic heterocycles. The fourth-order valence-corrected chi connectivity index (χ4v) is 2.50. The first kappa shape index (κ1) is 15.9. The molecule has 1 aromatic carbocycles. The van der Waals surface area contributed by atoms with Crippen molar-refractivity contribution in [1.82, 2.24) is 4.90 Å². The molecule has 0 fully saturated rings. The van der Waals surface area contributed by atoms with Gasteiger partial charge in [0.15, 0.2) is 5.78 Å². The second kappa shape index (κ2) is 7.41. The van der Waals surface area contributed by atoms with Crippen molar-refractivity contribution in [2.45, 2.75) is 27.2 Å². The summed E-state index contributed by atoms with van der Waals surface area (Å²) in [5, 5.41) is 0. The highest BCUT2D eigenvalue weighted by molar-refractivity contribution is 6.00. The number of carbonyl (C=O) groups is 1. The lowest BCUT2D eigenvalue weighted by Crippen LogP contribution is -2.28. The van der Waals surface area contributed by atoms with Crippen molar-refractivity contribution in [3.63, 3.8) is 0 Å². The highest BCUT2D eigenvalue weighted by Crippen LogP contribution is 2.17. The van der Waals surface area contributed by atoms with Crippen LogP contribution in [-0.2, 0) is 4.74 Å². The summed E-state index contributed by atoms with van der Waals surface area (Å²) in [7, 11) is 3.68. The summed E-state index contributed by atoms with van der Waals surface area (Å²) in [5.74, 6) is 0.204. The maximum atomic E-state index is 12.4. The van der Waals surface area contributed by atoms with Gasteiger partial charge in [0.25, 0.3) is 0 Å². The molecule has 1 aromatic rings. The van der Waals surface area contributed by atoms with Crippen molar-refractivity contribution < 1.29 is 9.53 Å². The summed E-state index contributed by atoms with van der Waals surface area (Å²) in [6, 6.07) is 4.15. The minimum Gasteiger partial charge on any atom is -0.385 e. The van der Waals surface area contributed by atoms with E-state index in [9.17, 15) is 4.79 Å². The Kier molecular flexibility index (Phi) is 6.19. The number of hydrogen-bond acceptors (Lipinski definition) is 3. The van der Waals surface area contributed by atoms with Crippen molar-refractivity contribution in [1.29, 1.82) is 0 Å². The van der Waals surface area contributed by atoms with Crippen LogP contribution in [0.5, 0.6) is 0 Å². The predicted octanol–water partition coefficient (Wildman–Crippen LogP) is 2.76. The molecule has 3 nitrogen and oxygen atoms in total. The van der Waals surface area contributed by atoms with Crippen LogP contribution in [0.1, 0.15) is 33.5 Å². The second-order valence-electron chi connectivity index (χ2n) is 5.28. The van der Waals surface area contributed by atoms with E-state index in [0.29, 0.717) is 6.54 Å². The predicted molar refractivity (Wildman–Crippen MR) is 79.0 cm³/mol. The third kappa shape index (κ3) is 4.77. The molecule has 19 heavy (non-hydrogen) atoms. The van der Waals surface area contributed by atoms with E-state index in [-0.39, 0.29) is 5.78 Å². The molecule has 0 N–H and O–H groups in total. The summed E-state index contributed by atoms with van der Waals surface area (Å²) < 4.78 is 5.02. The first-order chi connectivity index (χ1) is 8.95. The number of Topliss-reactive ketones (excluding diaryl/α,β-unsaturated/α-hetero) is 1. The minimum absolute atomic E-state index is 0.204. The number of ketones is 1. The van der Waals surface area contributed by atoms with E-state index < -0.39 is 0 Å². The fourth-order valence-electron chi connectivity index (χ4n) is 2.50. The molecule has 0 atom stereocenters. The smallest absolute Gasteiger partial charge is 0.177 e. The highest BCUT2D eigenvalue weighted by Gasteiger charge is 2.14. The van der Waals surface area contributed by atoms with Gasteiger partial charge in [-0.2, -0.15) is 0 Å². The van der Waals surface area contributed by atoms with Gasteiger partial charge < -0.3 is 4.74 Å². The average molecular weight is 263 g/mol. The third-order valence-corrected chi connectivity index (χ3v) is 3.26. The maximum absolute atomic E-state index is 12.4. The van der Waals surface area contributed by atoms with Crippen LogP contribution in [0.2, 0.25) is 0 Å². The number of aryl methyl sites for hydroxylation is 3. The standard InChI is InChI=1S/C16H25NO2/c1-12-9-13(2)16(14(3)10-12)15(18)11-17(4)7-6-8-19-5/h9-10H,6-8,11H2,1-5H3. The average Bonchev–Trinajstić information content (AvgIpc) is 2.27. The fraction of sp³-hybridized carbons (Fsp3) is 0.562. The molecule has 0 aliphatic heterocycles. The molecule has 0 spiro atoms. The van der Waals surface area contributed by atoms with Crippen LogP contribution in [0.15, 0.2) is 12.1 Å². The first-order valence-electron chi connectivity index (χ1n) is 6.74. The number of methoxy groups -OCH3 is 1. The van der Waals surface area contributed by atoms with Crippen LogP contribution in [0.4, 0.5) is 0 Å². The minimum atomic E-state index is 0.204. The van der Waals surface area contributed by atoms with Gasteiger partial charge in [0, 0.05) is 25.8 Å². The zero-order valence-corrected chi connectivity index (χ0v) is 12.7. The Morgan fingerprint density at radius 3 is 2.32 bits per heavy atom. The van der Waals surface area contributed by atoms with Gasteiger partial charge in [-0.15, -0.1) is 0 Å². The van der Waals surface area contributed by atoms with Gasteiger partial charge in [0.05, 0.1) is 6.54 Å². The Morgan fingerprint density at radius 1 is 1.21 bits per heavy atom. The summed E-state index contributed by atoms with van der Waals surface area (Å²) in [6.07, 6.45) is 0.951. The molecule has 1 rings (SSSR count). The molecule has 0 amide bonds. The number of likely N-dealkylation sites (N-methyl/N-ethyl adjacent to an activating group) is 1. The van der Waals surface area contributed by atoms with Gasteiger partial charge in [0.1, 0.15) is 0 Å². The SMILES string of the molecule is COCCCN(C)CC(=O)c1c(C)cc(C)cc1C. The van der Waals surface area contributed by atoms with Gasteiger partial charge in [-0.3, -0.25) is 9.69 Å². The number of ether oxygens (including phenoxy) is 1. The summed E-state index contributed by atoms with van der Waals surface area (Å²) in [5.41, 5.74) is 4.24. The van der Waals surface area contributed by atoms with Gasteiger partial charge in [-0.05, 0) is 45.4 Å². The number of hydrogen-bond donors (Lipinski definition) is 0. The van der Waals surface area contributed by atoms with Crippen LogP contribution >= 0.6 is 0 Å². The Morgan fingerprint density at radius 2 is 1.79 bits per heavy atom. The summed E-state index contributed by atoms with van der Waals surface area (Å²) in [6.45, 7) is 8.17.